The molecular weight excluding hydrogens is 310 g/mol. The van der Waals surface area contributed by atoms with E-state index in [2.05, 4.69) is 0 Å². The first-order chi connectivity index (χ1) is 11.6. The van der Waals surface area contributed by atoms with Gasteiger partial charge in [0.15, 0.2) is 0 Å². The van der Waals surface area contributed by atoms with Crippen molar-refractivity contribution in [1.82, 2.24) is 4.90 Å². The van der Waals surface area contributed by atoms with Crippen molar-refractivity contribution < 1.29 is 23.9 Å². The highest BCUT2D eigenvalue weighted by Crippen LogP contribution is 2.36. The molecule has 2 aliphatic rings. The zero-order valence-electron chi connectivity index (χ0n) is 13.4. The first kappa shape index (κ1) is 16.2. The number of rotatable bonds is 3. The lowest BCUT2D eigenvalue weighted by Gasteiger charge is -2.29. The number of esters is 1. The maximum atomic E-state index is 12.6. The number of carbonyl (C=O) groups is 3. The van der Waals surface area contributed by atoms with Gasteiger partial charge in [0.05, 0.1) is 13.2 Å². The minimum Gasteiger partial charge on any atom is -0.467 e. The van der Waals surface area contributed by atoms with E-state index in [1.54, 1.807) is 0 Å². The van der Waals surface area contributed by atoms with Crippen LogP contribution in [0.4, 0.5) is 4.79 Å². The molecule has 0 unspecified atom stereocenters. The summed E-state index contributed by atoms with van der Waals surface area (Å²) in [5.41, 5.74) is 1.79. The summed E-state index contributed by atoms with van der Waals surface area (Å²) in [6, 6.07) is 8.16. The Hall–Kier alpha value is -2.63. The van der Waals surface area contributed by atoms with Gasteiger partial charge in [-0.2, -0.15) is 0 Å². The van der Waals surface area contributed by atoms with Gasteiger partial charge in [0.25, 0.3) is 0 Å². The number of ether oxygens (including phenoxy) is 2. The molecule has 0 radical (unpaired) electrons. The minimum atomic E-state index is -0.736. The fraction of sp³-hybridized carbons (Fsp3) is 0.389. The Labute approximate surface area is 140 Å². The van der Waals surface area contributed by atoms with Crippen molar-refractivity contribution in [2.24, 2.45) is 0 Å². The molecule has 1 aliphatic heterocycles. The fourth-order valence-electron chi connectivity index (χ4n) is 3.23. The Morgan fingerprint density at radius 1 is 1.21 bits per heavy atom. The number of hydrogen-bond donors (Lipinski definition) is 0. The molecule has 1 fully saturated rings. The number of Topliss-reactive ketones (excluding diaryl/α,β-unsaturated/α-hetero) is 1. The number of hydrogen-bond acceptors (Lipinski definition) is 5. The Morgan fingerprint density at radius 2 is 1.96 bits per heavy atom. The van der Waals surface area contributed by atoms with Crippen LogP contribution in [0, 0.1) is 0 Å². The first-order valence-corrected chi connectivity index (χ1v) is 7.87. The van der Waals surface area contributed by atoms with E-state index >= 15 is 0 Å². The molecule has 0 N–H and O–H groups in total. The second kappa shape index (κ2) is 6.86. The summed E-state index contributed by atoms with van der Waals surface area (Å²) < 4.78 is 10.2. The van der Waals surface area contributed by atoms with Crippen LogP contribution >= 0.6 is 0 Å². The molecule has 0 bridgehead atoms. The molecule has 3 rings (SSSR count). The van der Waals surface area contributed by atoms with Crippen LogP contribution in [-0.4, -0.2) is 41.9 Å². The molecule has 126 valence electrons. The lowest BCUT2D eigenvalue weighted by Crippen LogP contribution is -2.46. The third kappa shape index (κ3) is 3.18. The highest BCUT2D eigenvalue weighted by atomic mass is 16.6. The van der Waals surface area contributed by atoms with E-state index < -0.39 is 24.1 Å². The van der Waals surface area contributed by atoms with E-state index in [4.69, 9.17) is 9.47 Å². The summed E-state index contributed by atoms with van der Waals surface area (Å²) in [6.45, 7) is 0.115. The van der Waals surface area contributed by atoms with E-state index in [0.29, 0.717) is 12.8 Å². The number of nitrogens with zero attached hydrogens (tertiary/aromatic N) is 1. The number of carbonyl (C=O) groups excluding carboxylic acids is 3. The normalized spacial score (nSPS) is 22.6. The molecule has 24 heavy (non-hydrogen) atoms. The van der Waals surface area contributed by atoms with Crippen LogP contribution in [-0.2, 0) is 25.7 Å². The summed E-state index contributed by atoms with van der Waals surface area (Å²) in [7, 11) is 1.29. The predicted octanol–water partition coefficient (Wildman–Crippen LogP) is 2.23. The molecule has 0 spiro atoms. The Morgan fingerprint density at radius 3 is 2.67 bits per heavy atom. The van der Waals surface area contributed by atoms with Crippen molar-refractivity contribution in [2.75, 3.05) is 7.11 Å². The van der Waals surface area contributed by atoms with Crippen LogP contribution < -0.4 is 0 Å². The number of benzene rings is 1. The zero-order chi connectivity index (χ0) is 17.1. The molecule has 2 atom stereocenters. The van der Waals surface area contributed by atoms with Gasteiger partial charge < -0.3 is 9.47 Å². The Bertz CT molecular complexity index is 682. The summed E-state index contributed by atoms with van der Waals surface area (Å²) in [5, 5.41) is 0. The van der Waals surface area contributed by atoms with Gasteiger partial charge in [-0.05, 0) is 11.1 Å². The van der Waals surface area contributed by atoms with E-state index in [0.717, 1.165) is 11.1 Å². The van der Waals surface area contributed by atoms with Crippen LogP contribution in [0.5, 0.6) is 0 Å². The Balaban J connectivity index is 1.77. The lowest BCUT2D eigenvalue weighted by atomic mass is 9.93. The molecule has 1 aromatic carbocycles. The van der Waals surface area contributed by atoms with Gasteiger partial charge in [-0.25, -0.2) is 9.59 Å². The Kier molecular flexibility index (Phi) is 4.64. The molecule has 1 heterocycles. The second-order valence-corrected chi connectivity index (χ2v) is 5.93. The van der Waals surface area contributed by atoms with Crippen LogP contribution in [0.25, 0.3) is 0 Å². The maximum absolute atomic E-state index is 12.6. The maximum Gasteiger partial charge on any atom is 0.411 e. The van der Waals surface area contributed by atoms with E-state index in [1.807, 2.05) is 36.4 Å². The van der Waals surface area contributed by atoms with Gasteiger partial charge in [-0.1, -0.05) is 36.4 Å². The molecule has 6 heteroatoms. The summed E-state index contributed by atoms with van der Waals surface area (Å²) in [4.78, 5) is 37.7. The molecule has 0 aromatic heterocycles. The highest BCUT2D eigenvalue weighted by molar-refractivity contribution is 5.88. The average molecular weight is 329 g/mol. The summed E-state index contributed by atoms with van der Waals surface area (Å²) >= 11 is 0. The lowest BCUT2D eigenvalue weighted by molar-refractivity contribution is -0.146. The SMILES string of the molecule is COC(=O)[C@@H]1CC2=CCC(=O)C[C@@H]2N1C(=O)OCc1ccccc1. The third-order valence-electron chi connectivity index (χ3n) is 4.43. The molecule has 1 aliphatic carbocycles. The van der Waals surface area contributed by atoms with Gasteiger partial charge >= 0.3 is 12.1 Å². The topological polar surface area (TPSA) is 72.9 Å². The summed E-state index contributed by atoms with van der Waals surface area (Å²) in [5.74, 6) is -0.440. The number of fused-ring (bicyclic) bond motifs is 1. The molecule has 1 aromatic rings. The van der Waals surface area contributed by atoms with Crippen molar-refractivity contribution in [3.63, 3.8) is 0 Å². The largest absolute Gasteiger partial charge is 0.467 e. The molecular formula is C18H19NO5. The van der Waals surface area contributed by atoms with E-state index in [-0.39, 0.29) is 18.8 Å². The van der Waals surface area contributed by atoms with Crippen molar-refractivity contribution in [3.8, 4) is 0 Å². The number of allylic oxidation sites excluding steroid dienone is 1. The van der Waals surface area contributed by atoms with E-state index in [1.165, 1.54) is 12.0 Å². The van der Waals surface area contributed by atoms with Gasteiger partial charge in [0.1, 0.15) is 18.4 Å². The van der Waals surface area contributed by atoms with Gasteiger partial charge in [0, 0.05) is 19.3 Å². The van der Waals surface area contributed by atoms with Gasteiger partial charge in [-0.3, -0.25) is 9.69 Å². The standard InChI is InChI=1S/C18H19NO5/c1-23-17(21)16-9-13-7-8-14(20)10-15(13)19(16)18(22)24-11-12-5-3-2-4-6-12/h2-7,15-16H,8-11H2,1H3/t15-,16-/m0/s1. The second-order valence-electron chi connectivity index (χ2n) is 5.93. The zero-order valence-corrected chi connectivity index (χ0v) is 13.4. The number of amides is 1. The first-order valence-electron chi connectivity index (χ1n) is 7.87. The van der Waals surface area contributed by atoms with Crippen LogP contribution in [0.2, 0.25) is 0 Å². The van der Waals surface area contributed by atoms with Crippen molar-refractivity contribution in [2.45, 2.75) is 38.0 Å². The molecule has 6 nitrogen and oxygen atoms in total. The molecule has 0 saturated carbocycles. The monoisotopic (exact) mass is 329 g/mol. The smallest absolute Gasteiger partial charge is 0.411 e. The number of likely N-dealkylation sites (tertiary alicyclic amines) is 1. The third-order valence-corrected chi connectivity index (χ3v) is 4.43. The quantitative estimate of drug-likeness (QED) is 0.628. The van der Waals surface area contributed by atoms with Crippen molar-refractivity contribution >= 4 is 17.8 Å². The van der Waals surface area contributed by atoms with Crippen molar-refractivity contribution in [1.29, 1.82) is 0 Å². The van der Waals surface area contributed by atoms with Gasteiger partial charge in [0.2, 0.25) is 0 Å². The highest BCUT2D eigenvalue weighted by Gasteiger charge is 2.47. The van der Waals surface area contributed by atoms with Gasteiger partial charge in [-0.15, -0.1) is 0 Å². The van der Waals surface area contributed by atoms with Crippen molar-refractivity contribution in [3.05, 3.63) is 47.5 Å². The van der Waals surface area contributed by atoms with Crippen LogP contribution in [0.1, 0.15) is 24.8 Å². The van der Waals surface area contributed by atoms with Crippen LogP contribution in [0.3, 0.4) is 0 Å². The number of ketones is 1. The predicted molar refractivity (Wildman–Crippen MR) is 85.0 cm³/mol. The average Bonchev–Trinajstić information content (AvgIpc) is 2.98. The molecule has 1 saturated heterocycles. The fourth-order valence-corrected chi connectivity index (χ4v) is 3.23. The minimum absolute atomic E-state index is 0.0510. The molecule has 1 amide bonds. The number of methoxy groups -OCH3 is 1. The summed E-state index contributed by atoms with van der Waals surface area (Å²) in [6.07, 6.45) is 2.19. The van der Waals surface area contributed by atoms with E-state index in [9.17, 15) is 14.4 Å². The van der Waals surface area contributed by atoms with Crippen LogP contribution in [0.15, 0.2) is 42.0 Å².